The summed E-state index contributed by atoms with van der Waals surface area (Å²) in [6.07, 6.45) is 0.726. The van der Waals surface area contributed by atoms with Gasteiger partial charge in [0.15, 0.2) is 11.9 Å². The Morgan fingerprint density at radius 2 is 2.43 bits per heavy atom. The summed E-state index contributed by atoms with van der Waals surface area (Å²) >= 11 is 0. The molecule has 1 unspecified atom stereocenters. The quantitative estimate of drug-likeness (QED) is 0.562. The standard InChI is InChI=1S/C9H17N5/c1-4-11-9-13-7(5-6(2)3)12-8(10)14-9/h7H,2,4-5H2,1,3H3,(H4,10,11,12,13,14). The molecule has 0 saturated carbocycles. The van der Waals surface area contributed by atoms with Gasteiger partial charge in [-0.3, -0.25) is 10.3 Å². The Balaban J connectivity index is 2.66. The van der Waals surface area contributed by atoms with E-state index in [1.165, 1.54) is 0 Å². The minimum atomic E-state index is -0.0425. The Bertz CT molecular complexity index is 279. The zero-order valence-corrected chi connectivity index (χ0v) is 8.67. The fourth-order valence-corrected chi connectivity index (χ4v) is 1.22. The normalized spacial score (nSPS) is 23.7. The third-order valence-electron chi connectivity index (χ3n) is 1.70. The van der Waals surface area contributed by atoms with E-state index in [0.717, 1.165) is 12.0 Å². The number of guanidine groups is 2. The third-order valence-corrected chi connectivity index (χ3v) is 1.70. The summed E-state index contributed by atoms with van der Waals surface area (Å²) in [6.45, 7) is 8.47. The molecule has 4 N–H and O–H groups in total. The molecule has 5 heteroatoms. The first-order valence-electron chi connectivity index (χ1n) is 4.67. The molecule has 1 atom stereocenters. The van der Waals surface area contributed by atoms with E-state index in [-0.39, 0.29) is 6.17 Å². The molecule has 0 aromatic rings. The lowest BCUT2D eigenvalue weighted by molar-refractivity contribution is 0.604. The second-order valence-corrected chi connectivity index (χ2v) is 3.28. The van der Waals surface area contributed by atoms with Crippen LogP contribution >= 0.6 is 0 Å². The van der Waals surface area contributed by atoms with Gasteiger partial charge in [-0.05, 0) is 13.8 Å². The third kappa shape index (κ3) is 3.08. The molecule has 14 heavy (non-hydrogen) atoms. The lowest BCUT2D eigenvalue weighted by atomic mass is 10.2. The van der Waals surface area contributed by atoms with Crippen molar-refractivity contribution < 1.29 is 0 Å². The van der Waals surface area contributed by atoms with Crippen molar-refractivity contribution in [3.63, 3.8) is 0 Å². The number of nitrogens with one attached hydrogen (secondary N) is 2. The first-order chi connectivity index (χ1) is 6.61. The highest BCUT2D eigenvalue weighted by molar-refractivity contribution is 5.99. The van der Waals surface area contributed by atoms with Gasteiger partial charge in [0.25, 0.3) is 0 Å². The van der Waals surface area contributed by atoms with Crippen LogP contribution in [0, 0.1) is 0 Å². The van der Waals surface area contributed by atoms with Gasteiger partial charge in [-0.1, -0.05) is 12.2 Å². The average Bonchev–Trinajstić information content (AvgIpc) is 2.01. The van der Waals surface area contributed by atoms with E-state index in [9.17, 15) is 0 Å². The molecule has 1 aliphatic rings. The molecular formula is C9H17N5. The molecule has 0 spiro atoms. The zero-order chi connectivity index (χ0) is 10.6. The molecule has 1 heterocycles. The Labute approximate surface area is 84.2 Å². The van der Waals surface area contributed by atoms with Gasteiger partial charge < -0.3 is 11.1 Å². The molecule has 0 bridgehead atoms. The van der Waals surface area contributed by atoms with E-state index in [2.05, 4.69) is 27.2 Å². The van der Waals surface area contributed by atoms with Crippen LogP contribution in [-0.2, 0) is 0 Å². The molecule has 1 rings (SSSR count). The zero-order valence-electron chi connectivity index (χ0n) is 8.67. The van der Waals surface area contributed by atoms with Gasteiger partial charge in [-0.2, -0.15) is 0 Å². The molecule has 0 aromatic heterocycles. The largest absolute Gasteiger partial charge is 0.370 e. The SMILES string of the molecule is C=C(C)CC1N=C(N)NC(=NCC)N1. The van der Waals surface area contributed by atoms with Gasteiger partial charge in [0.05, 0.1) is 0 Å². The minimum Gasteiger partial charge on any atom is -0.370 e. The van der Waals surface area contributed by atoms with Gasteiger partial charge in [-0.25, -0.2) is 4.99 Å². The molecule has 0 saturated heterocycles. The highest BCUT2D eigenvalue weighted by Gasteiger charge is 2.15. The van der Waals surface area contributed by atoms with Gasteiger partial charge in [0.2, 0.25) is 0 Å². The molecule has 0 aromatic carbocycles. The van der Waals surface area contributed by atoms with Crippen LogP contribution in [0.1, 0.15) is 20.3 Å². The van der Waals surface area contributed by atoms with Crippen molar-refractivity contribution in [2.75, 3.05) is 6.54 Å². The monoisotopic (exact) mass is 195 g/mol. The van der Waals surface area contributed by atoms with Crippen molar-refractivity contribution in [2.45, 2.75) is 26.4 Å². The van der Waals surface area contributed by atoms with Crippen molar-refractivity contribution >= 4 is 11.9 Å². The van der Waals surface area contributed by atoms with Crippen LogP contribution in [0.2, 0.25) is 0 Å². The summed E-state index contributed by atoms with van der Waals surface area (Å²) in [5, 5.41) is 5.98. The Hall–Kier alpha value is -1.52. The van der Waals surface area contributed by atoms with Crippen molar-refractivity contribution in [3.8, 4) is 0 Å². The van der Waals surface area contributed by atoms with Crippen molar-refractivity contribution in [3.05, 3.63) is 12.2 Å². The van der Waals surface area contributed by atoms with Crippen LogP contribution in [-0.4, -0.2) is 24.6 Å². The lowest BCUT2D eigenvalue weighted by Crippen LogP contribution is -2.53. The number of hydrogen-bond donors (Lipinski definition) is 3. The Morgan fingerprint density at radius 1 is 1.71 bits per heavy atom. The molecule has 5 nitrogen and oxygen atoms in total. The maximum atomic E-state index is 5.61. The van der Waals surface area contributed by atoms with Gasteiger partial charge in [-0.15, -0.1) is 0 Å². The van der Waals surface area contributed by atoms with Gasteiger partial charge in [0, 0.05) is 13.0 Å². The molecule has 0 aliphatic carbocycles. The van der Waals surface area contributed by atoms with Crippen molar-refractivity contribution in [1.29, 1.82) is 0 Å². The summed E-state index contributed by atoms with van der Waals surface area (Å²) in [5.41, 5.74) is 6.68. The van der Waals surface area contributed by atoms with E-state index in [1.54, 1.807) is 0 Å². The van der Waals surface area contributed by atoms with Crippen LogP contribution in [0.5, 0.6) is 0 Å². The van der Waals surface area contributed by atoms with E-state index in [4.69, 9.17) is 5.73 Å². The van der Waals surface area contributed by atoms with E-state index < -0.39 is 0 Å². The predicted molar refractivity (Wildman–Crippen MR) is 59.1 cm³/mol. The Kier molecular flexibility index (Phi) is 3.50. The van der Waals surface area contributed by atoms with Crippen LogP contribution < -0.4 is 16.4 Å². The van der Waals surface area contributed by atoms with Gasteiger partial charge in [0.1, 0.15) is 6.17 Å². The molecular weight excluding hydrogens is 178 g/mol. The van der Waals surface area contributed by atoms with E-state index in [1.807, 2.05) is 13.8 Å². The van der Waals surface area contributed by atoms with Crippen molar-refractivity contribution in [1.82, 2.24) is 10.6 Å². The smallest absolute Gasteiger partial charge is 0.199 e. The van der Waals surface area contributed by atoms with E-state index in [0.29, 0.717) is 18.5 Å². The van der Waals surface area contributed by atoms with Crippen LogP contribution in [0.3, 0.4) is 0 Å². The lowest BCUT2D eigenvalue weighted by Gasteiger charge is -2.23. The predicted octanol–water partition coefficient (Wildman–Crippen LogP) is 0.162. The minimum absolute atomic E-state index is 0.0425. The summed E-state index contributed by atoms with van der Waals surface area (Å²) < 4.78 is 0. The number of nitrogens with zero attached hydrogens (tertiary/aromatic N) is 2. The highest BCUT2D eigenvalue weighted by atomic mass is 15.3. The summed E-state index contributed by atoms with van der Waals surface area (Å²) in [7, 11) is 0. The van der Waals surface area contributed by atoms with Crippen molar-refractivity contribution in [2.24, 2.45) is 15.7 Å². The Morgan fingerprint density at radius 3 is 3.00 bits per heavy atom. The number of nitrogens with two attached hydrogens (primary N) is 1. The van der Waals surface area contributed by atoms with E-state index >= 15 is 0 Å². The fourth-order valence-electron chi connectivity index (χ4n) is 1.22. The molecule has 0 fully saturated rings. The second-order valence-electron chi connectivity index (χ2n) is 3.28. The molecule has 0 radical (unpaired) electrons. The van der Waals surface area contributed by atoms with Crippen LogP contribution in [0.25, 0.3) is 0 Å². The molecule has 1 aliphatic heterocycles. The van der Waals surface area contributed by atoms with Crippen LogP contribution in [0.15, 0.2) is 22.1 Å². The first-order valence-corrected chi connectivity index (χ1v) is 4.67. The highest BCUT2D eigenvalue weighted by Crippen LogP contribution is 2.04. The molecule has 78 valence electrons. The maximum Gasteiger partial charge on any atom is 0.199 e. The summed E-state index contributed by atoms with van der Waals surface area (Å²) in [6, 6.07) is 0. The fraction of sp³-hybridized carbons (Fsp3) is 0.556. The maximum absolute atomic E-state index is 5.61. The number of aliphatic imine (C=N–C) groups is 2. The number of rotatable bonds is 3. The first kappa shape index (κ1) is 10.6. The topological polar surface area (TPSA) is 74.8 Å². The number of hydrogen-bond acceptors (Lipinski definition) is 3. The summed E-state index contributed by atoms with van der Waals surface area (Å²) in [4.78, 5) is 8.38. The second kappa shape index (κ2) is 4.64. The van der Waals surface area contributed by atoms with Crippen LogP contribution in [0.4, 0.5) is 0 Å². The average molecular weight is 195 g/mol. The summed E-state index contributed by atoms with van der Waals surface area (Å²) in [5.74, 6) is 1.09. The van der Waals surface area contributed by atoms with Gasteiger partial charge >= 0.3 is 0 Å². The molecule has 0 amide bonds.